The fraction of sp³-hybridized carbons (Fsp3) is 1.00. The van der Waals surface area contributed by atoms with Crippen LogP contribution in [0.4, 0.5) is 0 Å². The van der Waals surface area contributed by atoms with Crippen molar-refractivity contribution in [3.63, 3.8) is 0 Å². The molecule has 1 nitrogen and oxygen atoms in total. The maximum atomic E-state index is 2.61. The molecule has 0 heterocycles. The predicted molar refractivity (Wildman–Crippen MR) is 181 cm³/mol. The van der Waals surface area contributed by atoms with Crippen LogP contribution in [0.15, 0.2) is 0 Å². The lowest BCUT2D eigenvalue weighted by atomic mass is 10.0. The van der Waals surface area contributed by atoms with E-state index in [1.54, 1.807) is 0 Å². The molecule has 0 aliphatic heterocycles. The summed E-state index contributed by atoms with van der Waals surface area (Å²) in [5.74, 6) is 0. The molecule has 0 atom stereocenters. The quantitative estimate of drug-likeness (QED) is 0.0552. The van der Waals surface area contributed by atoms with Gasteiger partial charge in [0.25, 0.3) is 0 Å². The van der Waals surface area contributed by atoms with Gasteiger partial charge in [-0.3, -0.25) is 0 Å². The first-order chi connectivity index (χ1) is 19.2. The van der Waals surface area contributed by atoms with Crippen LogP contribution in [0.5, 0.6) is 0 Å². The number of rotatable bonds is 34. The fourth-order valence-electron chi connectivity index (χ4n) is 6.46. The summed E-state index contributed by atoms with van der Waals surface area (Å²) in [5, 5.41) is 0. The Morgan fingerprint density at radius 2 is 0.385 bits per heavy atom. The molecule has 0 aromatic carbocycles. The van der Waals surface area contributed by atoms with E-state index in [1.807, 2.05) is 0 Å². The highest BCUT2D eigenvalue weighted by Gasteiger charge is 2.20. The summed E-state index contributed by atoms with van der Waals surface area (Å²) >= 11 is 0. The van der Waals surface area contributed by atoms with Crippen LogP contribution in [0.1, 0.15) is 220 Å². The standard InChI is InChI=1S/C38H80N/c1-5-8-11-14-17-20-23-26-29-32-35-38-39(4,36-33-30-27-24-21-18-15-12-9-6-2)37-34-31-28-25-22-19-16-13-10-7-3/h5-38H2,1-4H3/q+1. The Kier molecular flexibility index (Phi) is 32.4. The van der Waals surface area contributed by atoms with Gasteiger partial charge in [-0.25, -0.2) is 0 Å². The normalized spacial score (nSPS) is 12.0. The Balaban J connectivity index is 4.05. The summed E-state index contributed by atoms with van der Waals surface area (Å²) in [6.45, 7) is 11.3. The maximum absolute atomic E-state index is 2.61. The monoisotopic (exact) mass is 551 g/mol. The summed E-state index contributed by atoms with van der Waals surface area (Å²) < 4.78 is 1.37. The first-order valence-electron chi connectivity index (χ1n) is 19.0. The second-order valence-electron chi connectivity index (χ2n) is 13.7. The highest BCUT2D eigenvalue weighted by molar-refractivity contribution is 4.53. The molecule has 0 radical (unpaired) electrons. The second kappa shape index (κ2) is 32.5. The molecule has 0 aromatic rings. The number of hydrogen-bond donors (Lipinski definition) is 0. The van der Waals surface area contributed by atoms with Gasteiger partial charge in [0, 0.05) is 0 Å². The summed E-state index contributed by atoms with van der Waals surface area (Å²) in [4.78, 5) is 0. The molecule has 0 aliphatic carbocycles. The minimum Gasteiger partial charge on any atom is -0.326 e. The van der Waals surface area contributed by atoms with Gasteiger partial charge in [0.2, 0.25) is 0 Å². The van der Waals surface area contributed by atoms with Gasteiger partial charge in [0.15, 0.2) is 0 Å². The molecule has 1 heteroatoms. The lowest BCUT2D eigenvalue weighted by Crippen LogP contribution is -2.46. The molecule has 0 saturated carbocycles. The third-order valence-electron chi connectivity index (χ3n) is 9.40. The molecule has 0 amide bonds. The molecule has 0 aliphatic rings. The molecule has 0 rings (SSSR count). The van der Waals surface area contributed by atoms with Crippen molar-refractivity contribution in [2.24, 2.45) is 0 Å². The van der Waals surface area contributed by atoms with E-state index in [0.717, 1.165) is 0 Å². The number of hydrogen-bond acceptors (Lipinski definition) is 0. The van der Waals surface area contributed by atoms with Gasteiger partial charge in [0.1, 0.15) is 0 Å². The third-order valence-corrected chi connectivity index (χ3v) is 9.40. The van der Waals surface area contributed by atoms with Crippen LogP contribution in [-0.4, -0.2) is 31.2 Å². The predicted octanol–water partition coefficient (Wildman–Crippen LogP) is 13.6. The highest BCUT2D eigenvalue weighted by Crippen LogP contribution is 2.18. The van der Waals surface area contributed by atoms with Gasteiger partial charge in [-0.2, -0.15) is 0 Å². The van der Waals surface area contributed by atoms with Crippen LogP contribution in [0.25, 0.3) is 0 Å². The lowest BCUT2D eigenvalue weighted by molar-refractivity contribution is -0.910. The van der Waals surface area contributed by atoms with Crippen LogP contribution >= 0.6 is 0 Å². The maximum Gasteiger partial charge on any atom is 0.0784 e. The summed E-state index contributed by atoms with van der Waals surface area (Å²) in [6, 6.07) is 0. The number of nitrogens with zero attached hydrogens (tertiary/aromatic N) is 1. The van der Waals surface area contributed by atoms with Gasteiger partial charge in [-0.1, -0.05) is 181 Å². The molecule has 0 aromatic heterocycles. The van der Waals surface area contributed by atoms with Gasteiger partial charge in [-0.15, -0.1) is 0 Å². The summed E-state index contributed by atoms with van der Waals surface area (Å²) in [6.07, 6.45) is 45.3. The van der Waals surface area contributed by atoms with Crippen molar-refractivity contribution < 1.29 is 4.48 Å². The second-order valence-corrected chi connectivity index (χ2v) is 13.7. The van der Waals surface area contributed by atoms with Gasteiger partial charge >= 0.3 is 0 Å². The van der Waals surface area contributed by atoms with E-state index in [9.17, 15) is 0 Å². The van der Waals surface area contributed by atoms with Gasteiger partial charge in [0.05, 0.1) is 26.7 Å². The Hall–Kier alpha value is -0.0400. The molecular weight excluding hydrogens is 470 g/mol. The van der Waals surface area contributed by atoms with E-state index in [-0.39, 0.29) is 0 Å². The van der Waals surface area contributed by atoms with Crippen LogP contribution < -0.4 is 0 Å². The average Bonchev–Trinajstić information content (AvgIpc) is 2.94. The molecular formula is C38H80N+. The smallest absolute Gasteiger partial charge is 0.0784 e. The fourth-order valence-corrected chi connectivity index (χ4v) is 6.46. The SMILES string of the molecule is CCCCCCCCCCCCC[N+](C)(CCCCCCCCCCCC)CCCCCCCCCCCC. The Morgan fingerprint density at radius 1 is 0.231 bits per heavy atom. The molecule has 0 spiro atoms. The minimum atomic E-state index is 1.37. The molecule has 0 unspecified atom stereocenters. The van der Waals surface area contributed by atoms with E-state index in [4.69, 9.17) is 0 Å². The Labute approximate surface area is 250 Å². The van der Waals surface area contributed by atoms with E-state index in [2.05, 4.69) is 27.8 Å². The van der Waals surface area contributed by atoms with Crippen molar-refractivity contribution in [3.05, 3.63) is 0 Å². The van der Waals surface area contributed by atoms with Gasteiger partial charge < -0.3 is 4.48 Å². The van der Waals surface area contributed by atoms with Crippen molar-refractivity contribution in [2.45, 2.75) is 220 Å². The van der Waals surface area contributed by atoms with Crippen molar-refractivity contribution in [2.75, 3.05) is 26.7 Å². The van der Waals surface area contributed by atoms with E-state index >= 15 is 0 Å². The summed E-state index contributed by atoms with van der Waals surface area (Å²) in [7, 11) is 2.61. The topological polar surface area (TPSA) is 0 Å². The van der Waals surface area contributed by atoms with E-state index in [1.165, 1.54) is 223 Å². The highest BCUT2D eigenvalue weighted by atomic mass is 15.3. The van der Waals surface area contributed by atoms with Crippen LogP contribution in [0, 0.1) is 0 Å². The van der Waals surface area contributed by atoms with Gasteiger partial charge in [-0.05, 0) is 38.5 Å². The van der Waals surface area contributed by atoms with E-state index in [0.29, 0.717) is 0 Å². The first-order valence-corrected chi connectivity index (χ1v) is 19.0. The van der Waals surface area contributed by atoms with Crippen LogP contribution in [0.3, 0.4) is 0 Å². The molecule has 0 saturated heterocycles. The molecule has 0 fully saturated rings. The Morgan fingerprint density at radius 3 is 0.564 bits per heavy atom. The van der Waals surface area contributed by atoms with Crippen LogP contribution in [0.2, 0.25) is 0 Å². The zero-order valence-corrected chi connectivity index (χ0v) is 28.5. The third kappa shape index (κ3) is 30.7. The lowest BCUT2D eigenvalue weighted by Gasteiger charge is -2.35. The number of quaternary nitrogens is 1. The zero-order valence-electron chi connectivity index (χ0n) is 28.5. The zero-order chi connectivity index (χ0) is 28.5. The largest absolute Gasteiger partial charge is 0.326 e. The average molecular weight is 551 g/mol. The van der Waals surface area contributed by atoms with E-state index < -0.39 is 0 Å². The molecule has 39 heavy (non-hydrogen) atoms. The molecule has 236 valence electrons. The first kappa shape index (κ1) is 39.0. The van der Waals surface area contributed by atoms with Crippen LogP contribution in [-0.2, 0) is 0 Å². The minimum absolute atomic E-state index is 1.37. The summed E-state index contributed by atoms with van der Waals surface area (Å²) in [5.41, 5.74) is 0. The van der Waals surface area contributed by atoms with Crippen molar-refractivity contribution in [3.8, 4) is 0 Å². The van der Waals surface area contributed by atoms with Crippen molar-refractivity contribution in [1.82, 2.24) is 0 Å². The Bertz CT molecular complexity index is 406. The van der Waals surface area contributed by atoms with Crippen molar-refractivity contribution in [1.29, 1.82) is 0 Å². The van der Waals surface area contributed by atoms with Crippen molar-refractivity contribution >= 4 is 0 Å². The molecule has 0 N–H and O–H groups in total. The number of unbranched alkanes of at least 4 members (excludes halogenated alkanes) is 28. The molecule has 0 bridgehead atoms.